The van der Waals surface area contributed by atoms with E-state index < -0.39 is 38.9 Å². The highest BCUT2D eigenvalue weighted by Gasteiger charge is 2.20. The Bertz CT molecular complexity index is 887. The first-order chi connectivity index (χ1) is 11.2. The number of hydrogen-bond acceptors (Lipinski definition) is 6. The number of aromatic nitrogens is 1. The lowest BCUT2D eigenvalue weighted by Gasteiger charge is -2.11. The van der Waals surface area contributed by atoms with Crippen LogP contribution in [0.1, 0.15) is 10.4 Å². The summed E-state index contributed by atoms with van der Waals surface area (Å²) in [5.74, 6) is -3.95. The van der Waals surface area contributed by atoms with Gasteiger partial charge in [0.15, 0.2) is 17.3 Å². The zero-order valence-electron chi connectivity index (χ0n) is 12.5. The molecule has 1 aromatic heterocycles. The van der Waals surface area contributed by atoms with Gasteiger partial charge in [0.05, 0.1) is 18.9 Å². The Labute approximate surface area is 136 Å². The van der Waals surface area contributed by atoms with Gasteiger partial charge in [0, 0.05) is 12.3 Å². The number of pyridine rings is 1. The third kappa shape index (κ3) is 4.16. The van der Waals surface area contributed by atoms with Crippen molar-refractivity contribution in [1.82, 2.24) is 9.71 Å². The molecule has 0 radical (unpaired) electrons. The molecule has 10 heteroatoms. The van der Waals surface area contributed by atoms with Crippen LogP contribution in [0.15, 0.2) is 30.5 Å². The molecule has 1 aromatic carbocycles. The van der Waals surface area contributed by atoms with E-state index in [4.69, 9.17) is 9.47 Å². The molecular weight excluding hydrogens is 346 g/mol. The average Bonchev–Trinajstić information content (AvgIpc) is 2.49. The lowest BCUT2D eigenvalue weighted by Crippen LogP contribution is -2.30. The van der Waals surface area contributed by atoms with Crippen LogP contribution in [0.4, 0.5) is 8.78 Å². The molecule has 2 rings (SSSR count). The summed E-state index contributed by atoms with van der Waals surface area (Å²) in [5, 5.41) is 0. The van der Waals surface area contributed by atoms with Gasteiger partial charge in [0.25, 0.3) is 11.8 Å². The van der Waals surface area contributed by atoms with Gasteiger partial charge in [0.1, 0.15) is 5.82 Å². The molecule has 2 aromatic rings. The van der Waals surface area contributed by atoms with E-state index in [0.717, 1.165) is 0 Å². The molecule has 0 spiro atoms. The predicted molar refractivity (Wildman–Crippen MR) is 79.5 cm³/mol. The van der Waals surface area contributed by atoms with Crippen LogP contribution in [0.3, 0.4) is 0 Å². The molecule has 1 N–H and O–H groups in total. The zero-order valence-corrected chi connectivity index (χ0v) is 13.4. The van der Waals surface area contributed by atoms with Crippen molar-refractivity contribution >= 4 is 15.9 Å². The maximum Gasteiger partial charge on any atom is 0.267 e. The van der Waals surface area contributed by atoms with Crippen LogP contribution >= 0.6 is 0 Å². The summed E-state index contributed by atoms with van der Waals surface area (Å²) in [7, 11) is -2.59. The normalized spacial score (nSPS) is 11.0. The second kappa shape index (κ2) is 6.79. The minimum Gasteiger partial charge on any atom is -0.478 e. The zero-order chi connectivity index (χ0) is 17.9. The van der Waals surface area contributed by atoms with Crippen LogP contribution < -0.4 is 14.2 Å². The molecule has 0 saturated heterocycles. The standard InChI is InChI=1S/C14H12F2N2O5S/c1-22-14-11(4-3-5-17-14)23-12-7-9(15)8(6-10(12)16)13(19)18-24(2,20)21/h3-7H,1-2H3,(H,18,19). The molecule has 128 valence electrons. The van der Waals surface area contributed by atoms with E-state index >= 15 is 0 Å². The lowest BCUT2D eigenvalue weighted by atomic mass is 10.2. The molecule has 0 atom stereocenters. The van der Waals surface area contributed by atoms with Crippen molar-refractivity contribution in [2.45, 2.75) is 0 Å². The van der Waals surface area contributed by atoms with E-state index in [1.807, 2.05) is 0 Å². The number of benzene rings is 1. The molecule has 0 aliphatic rings. The molecule has 1 heterocycles. The second-order valence-electron chi connectivity index (χ2n) is 4.58. The molecule has 0 aliphatic carbocycles. The van der Waals surface area contributed by atoms with E-state index in [2.05, 4.69) is 4.98 Å². The van der Waals surface area contributed by atoms with Crippen LogP contribution in [-0.2, 0) is 10.0 Å². The highest BCUT2D eigenvalue weighted by molar-refractivity contribution is 7.89. The fourth-order valence-corrected chi connectivity index (χ4v) is 2.18. The molecule has 0 bridgehead atoms. The molecule has 0 aliphatic heterocycles. The van der Waals surface area contributed by atoms with Crippen LogP contribution in [0.25, 0.3) is 0 Å². The monoisotopic (exact) mass is 358 g/mol. The molecule has 0 unspecified atom stereocenters. The van der Waals surface area contributed by atoms with Gasteiger partial charge in [-0.2, -0.15) is 0 Å². The number of hydrogen-bond donors (Lipinski definition) is 1. The Hall–Kier alpha value is -2.75. The van der Waals surface area contributed by atoms with Crippen LogP contribution in [0, 0.1) is 11.6 Å². The van der Waals surface area contributed by atoms with E-state index in [1.165, 1.54) is 25.4 Å². The minimum atomic E-state index is -3.91. The summed E-state index contributed by atoms with van der Waals surface area (Å²) in [5.41, 5.74) is -0.775. The highest BCUT2D eigenvalue weighted by atomic mass is 32.2. The quantitative estimate of drug-likeness (QED) is 0.877. The number of amides is 1. The molecule has 1 amide bonds. The van der Waals surface area contributed by atoms with Crippen molar-refractivity contribution in [3.05, 3.63) is 47.7 Å². The van der Waals surface area contributed by atoms with Gasteiger partial charge in [-0.3, -0.25) is 4.79 Å². The SMILES string of the molecule is COc1ncccc1Oc1cc(F)c(C(=O)NS(C)(=O)=O)cc1F. The molecular formula is C14H12F2N2O5S. The molecule has 7 nitrogen and oxygen atoms in total. The topological polar surface area (TPSA) is 94.6 Å². The first-order valence-corrected chi connectivity index (χ1v) is 8.28. The van der Waals surface area contributed by atoms with Crippen molar-refractivity contribution in [2.75, 3.05) is 13.4 Å². The average molecular weight is 358 g/mol. The number of nitrogens with zero attached hydrogens (tertiary/aromatic N) is 1. The van der Waals surface area contributed by atoms with Crippen molar-refractivity contribution in [3.8, 4) is 17.4 Å². The van der Waals surface area contributed by atoms with Gasteiger partial charge in [0.2, 0.25) is 10.0 Å². The number of halogens is 2. The number of nitrogens with one attached hydrogen (secondary N) is 1. The van der Waals surface area contributed by atoms with Crippen molar-refractivity contribution in [3.63, 3.8) is 0 Å². The van der Waals surface area contributed by atoms with Gasteiger partial charge in [-0.05, 0) is 18.2 Å². The number of methoxy groups -OCH3 is 1. The maximum absolute atomic E-state index is 14.1. The number of carbonyl (C=O) groups excluding carboxylic acids is 1. The van der Waals surface area contributed by atoms with E-state index in [1.54, 1.807) is 4.72 Å². The van der Waals surface area contributed by atoms with Gasteiger partial charge in [-0.1, -0.05) is 0 Å². The van der Waals surface area contributed by atoms with Crippen molar-refractivity contribution in [1.29, 1.82) is 0 Å². The summed E-state index contributed by atoms with van der Waals surface area (Å²) in [6.07, 6.45) is 2.13. The fraction of sp³-hybridized carbons (Fsp3) is 0.143. The number of sulfonamides is 1. The molecule has 0 saturated carbocycles. The van der Waals surface area contributed by atoms with Crippen molar-refractivity contribution < 1.29 is 31.5 Å². The Kier molecular flexibility index (Phi) is 4.98. The lowest BCUT2D eigenvalue weighted by molar-refractivity contribution is 0.0977. The number of rotatable bonds is 5. The highest BCUT2D eigenvalue weighted by Crippen LogP contribution is 2.31. The Balaban J connectivity index is 2.35. The molecule has 24 heavy (non-hydrogen) atoms. The first-order valence-electron chi connectivity index (χ1n) is 6.39. The van der Waals surface area contributed by atoms with Gasteiger partial charge in [-0.25, -0.2) is 26.9 Å². The summed E-state index contributed by atoms with van der Waals surface area (Å²) in [4.78, 5) is 15.5. The summed E-state index contributed by atoms with van der Waals surface area (Å²) in [6, 6.07) is 4.08. The first kappa shape index (κ1) is 17.6. The summed E-state index contributed by atoms with van der Waals surface area (Å²) < 4.78 is 61.7. The van der Waals surface area contributed by atoms with Crippen LogP contribution in [-0.4, -0.2) is 32.7 Å². The van der Waals surface area contributed by atoms with Gasteiger partial charge in [-0.15, -0.1) is 0 Å². The number of carbonyl (C=O) groups is 1. The van der Waals surface area contributed by atoms with E-state index in [-0.39, 0.29) is 11.6 Å². The predicted octanol–water partition coefficient (Wildman–Crippen LogP) is 1.85. The van der Waals surface area contributed by atoms with Crippen LogP contribution in [0.2, 0.25) is 0 Å². The second-order valence-corrected chi connectivity index (χ2v) is 6.33. The smallest absolute Gasteiger partial charge is 0.267 e. The maximum atomic E-state index is 14.1. The fourth-order valence-electron chi connectivity index (χ4n) is 1.73. The largest absolute Gasteiger partial charge is 0.478 e. The number of ether oxygens (including phenoxy) is 2. The van der Waals surface area contributed by atoms with E-state index in [0.29, 0.717) is 18.4 Å². The summed E-state index contributed by atoms with van der Waals surface area (Å²) >= 11 is 0. The third-order valence-corrected chi connectivity index (χ3v) is 3.25. The summed E-state index contributed by atoms with van der Waals surface area (Å²) in [6.45, 7) is 0. The Morgan fingerprint density at radius 1 is 1.21 bits per heavy atom. The molecule has 0 fully saturated rings. The Morgan fingerprint density at radius 3 is 2.54 bits per heavy atom. The van der Waals surface area contributed by atoms with E-state index in [9.17, 15) is 22.0 Å². The van der Waals surface area contributed by atoms with Crippen molar-refractivity contribution in [2.24, 2.45) is 0 Å². The third-order valence-electron chi connectivity index (χ3n) is 2.69. The minimum absolute atomic E-state index is 0.0339. The van der Waals surface area contributed by atoms with Gasteiger partial charge < -0.3 is 9.47 Å². The van der Waals surface area contributed by atoms with Gasteiger partial charge >= 0.3 is 0 Å². The Morgan fingerprint density at radius 2 is 1.92 bits per heavy atom. The van der Waals surface area contributed by atoms with Crippen LogP contribution in [0.5, 0.6) is 17.4 Å².